The maximum absolute atomic E-state index is 11.4. The summed E-state index contributed by atoms with van der Waals surface area (Å²) in [5.41, 5.74) is 0.127. The number of hydroxylamine groups is 2. The highest BCUT2D eigenvalue weighted by Crippen LogP contribution is 2.27. The van der Waals surface area contributed by atoms with Crippen molar-refractivity contribution in [1.82, 2.24) is 5.06 Å². The summed E-state index contributed by atoms with van der Waals surface area (Å²) in [5.74, 6) is 1.41. The lowest BCUT2D eigenvalue weighted by molar-refractivity contribution is -0.218. The fourth-order valence-corrected chi connectivity index (χ4v) is 2.06. The normalized spacial score (nSPS) is 18.3. The van der Waals surface area contributed by atoms with Crippen LogP contribution in [0.25, 0.3) is 0 Å². The van der Waals surface area contributed by atoms with E-state index >= 15 is 0 Å². The smallest absolute Gasteiger partial charge is 0.330 e. The summed E-state index contributed by atoms with van der Waals surface area (Å²) in [4.78, 5) is 33.2. The molecule has 1 atom stereocenters. The van der Waals surface area contributed by atoms with E-state index in [-0.39, 0.29) is 11.9 Å². The van der Waals surface area contributed by atoms with E-state index < -0.39 is 11.6 Å². The van der Waals surface area contributed by atoms with Gasteiger partial charge in [-0.15, -0.1) is 0 Å². The van der Waals surface area contributed by atoms with Gasteiger partial charge in [0.15, 0.2) is 11.6 Å². The van der Waals surface area contributed by atoms with Crippen molar-refractivity contribution in [2.45, 2.75) is 65.6 Å². The van der Waals surface area contributed by atoms with Crippen LogP contribution in [0.4, 0.5) is 0 Å². The van der Waals surface area contributed by atoms with Crippen LogP contribution in [0.5, 0.6) is 0 Å². The number of rotatable bonds is 7. The maximum atomic E-state index is 11.4. The van der Waals surface area contributed by atoms with Gasteiger partial charge in [0.25, 0.3) is 0 Å². The summed E-state index contributed by atoms with van der Waals surface area (Å²) < 4.78 is 4.84. The molecule has 0 amide bonds. The largest absolute Gasteiger partial charge is 0.463 e. The molecule has 0 saturated heterocycles. The molecule has 0 spiro atoms. The summed E-state index contributed by atoms with van der Waals surface area (Å²) in [6.45, 7) is 9.82. The van der Waals surface area contributed by atoms with E-state index in [1.807, 2.05) is 26.7 Å². The van der Waals surface area contributed by atoms with Crippen molar-refractivity contribution in [2.75, 3.05) is 6.61 Å². The van der Waals surface area contributed by atoms with E-state index in [2.05, 4.69) is 11.9 Å². The van der Waals surface area contributed by atoms with Gasteiger partial charge in [0.1, 0.15) is 6.17 Å². The van der Waals surface area contributed by atoms with Gasteiger partial charge in [0, 0.05) is 6.08 Å². The Kier molecular flexibility index (Phi) is 7.20. The first-order valence-electron chi connectivity index (χ1n) is 7.98. The summed E-state index contributed by atoms with van der Waals surface area (Å²) in [6, 6.07) is 0. The number of allylic oxidation sites excluding steroid dienone is 1. The molecule has 6 heteroatoms. The number of nitrogens with zero attached hydrogens (tertiary/aromatic N) is 2. The van der Waals surface area contributed by atoms with Crippen LogP contribution in [-0.4, -0.2) is 41.1 Å². The molecule has 0 bridgehead atoms. The van der Waals surface area contributed by atoms with Crippen LogP contribution in [0.3, 0.4) is 0 Å². The molecule has 0 aliphatic carbocycles. The van der Waals surface area contributed by atoms with Gasteiger partial charge in [0.05, 0.1) is 17.9 Å². The molecule has 6 nitrogen and oxygen atoms in total. The topological polar surface area (TPSA) is 68.2 Å². The molecule has 128 valence electrons. The Morgan fingerprint density at radius 3 is 2.61 bits per heavy atom. The Morgan fingerprint density at radius 2 is 2.09 bits per heavy atom. The van der Waals surface area contributed by atoms with E-state index in [1.165, 1.54) is 17.2 Å². The van der Waals surface area contributed by atoms with Crippen LogP contribution in [0.1, 0.15) is 53.9 Å². The molecule has 0 aromatic rings. The summed E-state index contributed by atoms with van der Waals surface area (Å²) >= 11 is 0. The Bertz CT molecular complexity index is 525. The predicted octanol–water partition coefficient (Wildman–Crippen LogP) is 2.82. The minimum absolute atomic E-state index is 0.210. The molecule has 0 radical (unpaired) electrons. The molecule has 0 saturated carbocycles. The van der Waals surface area contributed by atoms with Gasteiger partial charge in [-0.1, -0.05) is 13.3 Å². The molecule has 1 rings (SSSR count). The third kappa shape index (κ3) is 6.00. The number of hydrogen-bond acceptors (Lipinski definition) is 6. The number of ether oxygens (including phenoxy) is 1. The van der Waals surface area contributed by atoms with Crippen LogP contribution >= 0.6 is 0 Å². The van der Waals surface area contributed by atoms with Crippen molar-refractivity contribution >= 4 is 17.6 Å². The zero-order valence-corrected chi connectivity index (χ0v) is 14.6. The van der Waals surface area contributed by atoms with Gasteiger partial charge >= 0.3 is 5.97 Å². The van der Waals surface area contributed by atoms with Crippen LogP contribution in [0.2, 0.25) is 0 Å². The molecule has 1 aliphatic rings. The first-order valence-corrected chi connectivity index (χ1v) is 7.98. The van der Waals surface area contributed by atoms with E-state index in [4.69, 9.17) is 9.57 Å². The van der Waals surface area contributed by atoms with E-state index in [9.17, 15) is 9.59 Å². The van der Waals surface area contributed by atoms with Gasteiger partial charge in [-0.3, -0.25) is 9.83 Å². The second-order valence-corrected chi connectivity index (χ2v) is 6.20. The van der Waals surface area contributed by atoms with Crippen molar-refractivity contribution in [3.63, 3.8) is 0 Å². The minimum atomic E-state index is -0.472. The van der Waals surface area contributed by atoms with Gasteiger partial charge in [0.2, 0.25) is 0 Å². The highest BCUT2D eigenvalue weighted by Gasteiger charge is 2.34. The zero-order chi connectivity index (χ0) is 17.5. The van der Waals surface area contributed by atoms with Gasteiger partial charge in [-0.25, -0.2) is 14.7 Å². The number of carbonyl (C=O) groups excluding carboxylic acids is 2. The molecule has 23 heavy (non-hydrogen) atoms. The SMILES string of the molecule is CCCCC1N=C(/C=C\C(=O)OCC)C(=C=O)N1OC(C)(C)C. The predicted molar refractivity (Wildman–Crippen MR) is 88.4 cm³/mol. The minimum Gasteiger partial charge on any atom is -0.463 e. The summed E-state index contributed by atoms with van der Waals surface area (Å²) in [6.07, 6.45) is 5.19. The van der Waals surface area contributed by atoms with Gasteiger partial charge in [-0.2, -0.15) is 0 Å². The van der Waals surface area contributed by atoms with Crippen LogP contribution in [-0.2, 0) is 19.2 Å². The maximum Gasteiger partial charge on any atom is 0.330 e. The van der Waals surface area contributed by atoms with E-state index in [0.29, 0.717) is 12.3 Å². The molecule has 1 unspecified atom stereocenters. The standard InChI is InChI=1S/C17H26N2O4/c1-6-8-9-15-18-13(10-11-16(21)22-7-2)14(12-20)19(15)23-17(3,4)5/h10-11,15H,6-9H2,1-5H3/b11-10-. The fourth-order valence-electron chi connectivity index (χ4n) is 2.06. The highest BCUT2D eigenvalue weighted by atomic mass is 16.7. The van der Waals surface area contributed by atoms with Gasteiger partial charge in [-0.05, 0) is 46.6 Å². The molecule has 1 aliphatic heterocycles. The average Bonchev–Trinajstić information content (AvgIpc) is 2.78. The third-order valence-electron chi connectivity index (χ3n) is 2.97. The molecular weight excluding hydrogens is 296 g/mol. The first kappa shape index (κ1) is 19.1. The average molecular weight is 322 g/mol. The van der Waals surface area contributed by atoms with Crippen molar-refractivity contribution in [3.05, 3.63) is 17.8 Å². The number of aliphatic imine (C=N–C) groups is 1. The third-order valence-corrected chi connectivity index (χ3v) is 2.97. The Balaban J connectivity index is 3.00. The molecule has 0 aromatic heterocycles. The van der Waals surface area contributed by atoms with Crippen molar-refractivity contribution in [3.8, 4) is 0 Å². The lowest BCUT2D eigenvalue weighted by Crippen LogP contribution is -2.37. The lowest BCUT2D eigenvalue weighted by Gasteiger charge is -2.31. The van der Waals surface area contributed by atoms with Crippen molar-refractivity contribution in [1.29, 1.82) is 0 Å². The monoisotopic (exact) mass is 322 g/mol. The van der Waals surface area contributed by atoms with Gasteiger partial charge < -0.3 is 4.74 Å². The first-order chi connectivity index (χ1) is 10.8. The quantitative estimate of drug-likeness (QED) is 0.409. The fraction of sp³-hybridized carbons (Fsp3) is 0.647. The second kappa shape index (κ2) is 8.65. The second-order valence-electron chi connectivity index (χ2n) is 6.20. The van der Waals surface area contributed by atoms with Crippen molar-refractivity contribution in [2.24, 2.45) is 4.99 Å². The van der Waals surface area contributed by atoms with E-state index in [0.717, 1.165) is 19.3 Å². The lowest BCUT2D eigenvalue weighted by atomic mass is 10.2. The Morgan fingerprint density at radius 1 is 1.39 bits per heavy atom. The number of carbonyl (C=O) groups is 1. The number of unbranched alkanes of at least 4 members (excludes halogenated alkanes) is 1. The summed E-state index contributed by atoms with van der Waals surface area (Å²) in [5, 5.41) is 1.51. The number of esters is 1. The van der Waals surface area contributed by atoms with Crippen LogP contribution in [0.15, 0.2) is 22.8 Å². The summed E-state index contributed by atoms with van der Waals surface area (Å²) in [7, 11) is 0. The molecule has 1 heterocycles. The molecular formula is C17H26N2O4. The molecule has 0 N–H and O–H groups in total. The Labute approximate surface area is 137 Å². The molecule has 0 fully saturated rings. The Hall–Kier alpha value is -1.91. The van der Waals surface area contributed by atoms with Crippen molar-refractivity contribution < 1.29 is 19.2 Å². The highest BCUT2D eigenvalue weighted by molar-refractivity contribution is 6.15. The number of hydrogen-bond donors (Lipinski definition) is 0. The van der Waals surface area contributed by atoms with Crippen LogP contribution in [0, 0.1) is 0 Å². The van der Waals surface area contributed by atoms with Crippen LogP contribution < -0.4 is 0 Å². The zero-order valence-electron chi connectivity index (χ0n) is 14.6. The molecule has 0 aromatic carbocycles. The van der Waals surface area contributed by atoms with E-state index in [1.54, 1.807) is 6.92 Å².